The largest absolute Gasteiger partial charge is 0.381 e. The van der Waals surface area contributed by atoms with Gasteiger partial charge in [0.1, 0.15) is 6.17 Å². The Bertz CT molecular complexity index is 394. The van der Waals surface area contributed by atoms with Crippen LogP contribution >= 0.6 is 11.3 Å². The summed E-state index contributed by atoms with van der Waals surface area (Å²) in [6, 6.07) is 1.98. The highest BCUT2D eigenvalue weighted by molar-refractivity contribution is 7.07. The van der Waals surface area contributed by atoms with Gasteiger partial charge in [-0.2, -0.15) is 11.3 Å². The minimum absolute atomic E-state index is 0.0277. The number of hydrogen-bond donors (Lipinski definition) is 1. The van der Waals surface area contributed by atoms with Crippen LogP contribution in [0.5, 0.6) is 0 Å². The number of carbonyl (C=O) groups is 1. The van der Waals surface area contributed by atoms with Crippen LogP contribution in [0.25, 0.3) is 0 Å². The van der Waals surface area contributed by atoms with Gasteiger partial charge in [-0.15, -0.1) is 0 Å². The fourth-order valence-corrected chi connectivity index (χ4v) is 2.98. The highest BCUT2D eigenvalue weighted by Crippen LogP contribution is 2.26. The zero-order valence-corrected chi connectivity index (χ0v) is 12.4. The number of carbonyl (C=O) groups excluding carboxylic acids is 1. The number of thiophene rings is 1. The van der Waals surface area contributed by atoms with Gasteiger partial charge in [0, 0.05) is 19.8 Å². The molecule has 0 spiro atoms. The summed E-state index contributed by atoms with van der Waals surface area (Å²) in [6.45, 7) is 6.30. The molecule has 1 fully saturated rings. The van der Waals surface area contributed by atoms with E-state index in [1.807, 2.05) is 17.2 Å². The van der Waals surface area contributed by atoms with E-state index < -0.39 is 0 Å². The first-order valence-corrected chi connectivity index (χ1v) is 7.84. The molecule has 0 radical (unpaired) electrons. The maximum Gasteiger partial charge on any atom is 0.241 e. The minimum Gasteiger partial charge on any atom is -0.381 e. The van der Waals surface area contributed by atoms with Gasteiger partial charge in [0.2, 0.25) is 5.91 Å². The standard InChI is InChI=1S/C14H22N2O2S/c1-3-7-18-8-4-6-16-13(12-5-9-19-10-12)15-11(2)14(16)17/h5,9-11,13,15H,3-4,6-8H2,1-2H3. The van der Waals surface area contributed by atoms with Crippen LogP contribution in [0.4, 0.5) is 0 Å². The molecule has 2 heterocycles. The first-order valence-electron chi connectivity index (χ1n) is 6.90. The van der Waals surface area contributed by atoms with Crippen molar-refractivity contribution in [2.24, 2.45) is 0 Å². The molecule has 2 atom stereocenters. The molecule has 4 nitrogen and oxygen atoms in total. The second-order valence-corrected chi connectivity index (χ2v) is 5.63. The lowest BCUT2D eigenvalue weighted by molar-refractivity contribution is -0.130. The highest BCUT2D eigenvalue weighted by Gasteiger charge is 2.36. The van der Waals surface area contributed by atoms with Gasteiger partial charge in [-0.3, -0.25) is 10.1 Å². The molecule has 0 aromatic carbocycles. The lowest BCUT2D eigenvalue weighted by Gasteiger charge is -2.23. The Morgan fingerprint density at radius 1 is 1.47 bits per heavy atom. The normalized spacial score (nSPS) is 23.3. The fraction of sp³-hybridized carbons (Fsp3) is 0.643. The van der Waals surface area contributed by atoms with E-state index in [0.29, 0.717) is 0 Å². The number of rotatable bonds is 7. The Labute approximate surface area is 118 Å². The number of hydrogen-bond acceptors (Lipinski definition) is 4. The Morgan fingerprint density at radius 2 is 2.32 bits per heavy atom. The molecule has 5 heteroatoms. The first kappa shape index (κ1) is 14.5. The van der Waals surface area contributed by atoms with E-state index in [1.54, 1.807) is 11.3 Å². The molecule has 2 unspecified atom stereocenters. The van der Waals surface area contributed by atoms with Crippen molar-refractivity contribution in [3.8, 4) is 0 Å². The predicted octanol–water partition coefficient (Wildman–Crippen LogP) is 2.38. The van der Waals surface area contributed by atoms with Crippen LogP contribution in [0.3, 0.4) is 0 Å². The number of amides is 1. The third kappa shape index (κ3) is 3.55. The lowest BCUT2D eigenvalue weighted by atomic mass is 10.2. The van der Waals surface area contributed by atoms with Gasteiger partial charge in [-0.05, 0) is 42.2 Å². The monoisotopic (exact) mass is 282 g/mol. The predicted molar refractivity (Wildman–Crippen MR) is 77.1 cm³/mol. The Hall–Kier alpha value is -0.910. The molecule has 1 aliphatic rings. The van der Waals surface area contributed by atoms with E-state index in [-0.39, 0.29) is 18.1 Å². The van der Waals surface area contributed by atoms with Crippen molar-refractivity contribution in [2.45, 2.75) is 38.9 Å². The lowest BCUT2D eigenvalue weighted by Crippen LogP contribution is -2.32. The van der Waals surface area contributed by atoms with Crippen LogP contribution < -0.4 is 5.32 Å². The zero-order valence-electron chi connectivity index (χ0n) is 11.6. The average Bonchev–Trinajstić information content (AvgIpc) is 3.01. The van der Waals surface area contributed by atoms with Crippen molar-refractivity contribution in [3.05, 3.63) is 22.4 Å². The smallest absolute Gasteiger partial charge is 0.241 e. The Morgan fingerprint density at radius 3 is 3.00 bits per heavy atom. The molecule has 2 rings (SSSR count). The summed E-state index contributed by atoms with van der Waals surface area (Å²) in [4.78, 5) is 14.1. The highest BCUT2D eigenvalue weighted by atomic mass is 32.1. The summed E-state index contributed by atoms with van der Waals surface area (Å²) in [5.41, 5.74) is 1.18. The van der Waals surface area contributed by atoms with Crippen LogP contribution in [-0.4, -0.2) is 36.6 Å². The van der Waals surface area contributed by atoms with Gasteiger partial charge in [0.25, 0.3) is 0 Å². The van der Waals surface area contributed by atoms with Crippen molar-refractivity contribution in [2.75, 3.05) is 19.8 Å². The quantitative estimate of drug-likeness (QED) is 0.781. The summed E-state index contributed by atoms with van der Waals surface area (Å²) in [6.07, 6.45) is 1.96. The van der Waals surface area contributed by atoms with Crippen molar-refractivity contribution in [1.29, 1.82) is 0 Å². The third-order valence-corrected chi connectivity index (χ3v) is 3.97. The van der Waals surface area contributed by atoms with Gasteiger partial charge in [-0.25, -0.2) is 0 Å². The van der Waals surface area contributed by atoms with Crippen molar-refractivity contribution in [1.82, 2.24) is 10.2 Å². The fourth-order valence-electron chi connectivity index (χ4n) is 2.30. The van der Waals surface area contributed by atoms with Crippen LogP contribution in [-0.2, 0) is 9.53 Å². The second-order valence-electron chi connectivity index (χ2n) is 4.85. The number of nitrogens with zero attached hydrogens (tertiary/aromatic N) is 1. The van der Waals surface area contributed by atoms with Crippen LogP contribution in [0.2, 0.25) is 0 Å². The molecule has 1 amide bonds. The molecule has 1 aromatic heterocycles. The van der Waals surface area contributed by atoms with E-state index >= 15 is 0 Å². The summed E-state index contributed by atoms with van der Waals surface area (Å²) in [5, 5.41) is 7.50. The maximum absolute atomic E-state index is 12.2. The number of ether oxygens (including phenoxy) is 1. The number of nitrogens with one attached hydrogen (secondary N) is 1. The van der Waals surface area contributed by atoms with Crippen LogP contribution in [0.15, 0.2) is 16.8 Å². The molecule has 0 saturated carbocycles. The van der Waals surface area contributed by atoms with E-state index in [2.05, 4.69) is 23.7 Å². The molecule has 1 aliphatic heterocycles. The molecule has 106 valence electrons. The van der Waals surface area contributed by atoms with Gasteiger partial charge in [0.05, 0.1) is 6.04 Å². The van der Waals surface area contributed by atoms with Crippen molar-refractivity contribution < 1.29 is 9.53 Å². The summed E-state index contributed by atoms with van der Waals surface area (Å²) in [7, 11) is 0. The SMILES string of the molecule is CCCOCCCN1C(=O)C(C)NC1c1ccsc1. The minimum atomic E-state index is -0.0959. The zero-order chi connectivity index (χ0) is 13.7. The van der Waals surface area contributed by atoms with E-state index in [4.69, 9.17) is 4.74 Å². The van der Waals surface area contributed by atoms with Gasteiger partial charge in [0.15, 0.2) is 0 Å². The van der Waals surface area contributed by atoms with E-state index in [1.165, 1.54) is 5.56 Å². The molecule has 19 heavy (non-hydrogen) atoms. The molecular formula is C14H22N2O2S. The third-order valence-electron chi connectivity index (χ3n) is 3.27. The summed E-state index contributed by atoms with van der Waals surface area (Å²) >= 11 is 1.66. The van der Waals surface area contributed by atoms with Crippen molar-refractivity contribution in [3.63, 3.8) is 0 Å². The average molecular weight is 282 g/mol. The van der Waals surface area contributed by atoms with Gasteiger partial charge in [-0.1, -0.05) is 6.92 Å². The molecule has 0 aliphatic carbocycles. The van der Waals surface area contributed by atoms with Crippen molar-refractivity contribution >= 4 is 17.2 Å². The second kappa shape index (κ2) is 7.03. The molecule has 0 bridgehead atoms. The molecule has 1 saturated heterocycles. The summed E-state index contributed by atoms with van der Waals surface area (Å²) < 4.78 is 5.47. The van der Waals surface area contributed by atoms with Crippen LogP contribution in [0.1, 0.15) is 38.4 Å². The Kier molecular flexibility index (Phi) is 5.36. The molecule has 1 aromatic rings. The molecular weight excluding hydrogens is 260 g/mol. The Balaban J connectivity index is 1.89. The van der Waals surface area contributed by atoms with E-state index in [0.717, 1.165) is 32.6 Å². The van der Waals surface area contributed by atoms with E-state index in [9.17, 15) is 4.79 Å². The van der Waals surface area contributed by atoms with Gasteiger partial charge < -0.3 is 9.64 Å². The van der Waals surface area contributed by atoms with Gasteiger partial charge >= 0.3 is 0 Å². The molecule has 1 N–H and O–H groups in total. The maximum atomic E-state index is 12.2. The topological polar surface area (TPSA) is 41.6 Å². The summed E-state index contributed by atoms with van der Waals surface area (Å²) in [5.74, 6) is 0.187. The first-order chi connectivity index (χ1) is 9.24. The van der Waals surface area contributed by atoms with Crippen LogP contribution in [0, 0.1) is 0 Å².